The molecular weight excluding hydrogens is 340 g/mol. The van der Waals surface area contributed by atoms with Crippen molar-refractivity contribution in [2.75, 3.05) is 11.8 Å². The van der Waals surface area contributed by atoms with Crippen molar-refractivity contribution in [3.8, 4) is 5.75 Å². The third kappa shape index (κ3) is 3.40. The molecule has 4 nitrogen and oxygen atoms in total. The molecule has 0 saturated carbocycles. The highest BCUT2D eigenvalue weighted by Crippen LogP contribution is 2.33. The number of methoxy groups -OCH3 is 1. The van der Waals surface area contributed by atoms with Crippen LogP contribution in [-0.2, 0) is 10.0 Å². The van der Waals surface area contributed by atoms with E-state index < -0.39 is 15.8 Å². The molecule has 1 N–H and O–H groups in total. The smallest absolute Gasteiger partial charge is 0.265 e. The zero-order chi connectivity index (χ0) is 15.6. The van der Waals surface area contributed by atoms with Gasteiger partial charge in [-0.3, -0.25) is 4.72 Å². The van der Waals surface area contributed by atoms with Crippen molar-refractivity contribution in [1.29, 1.82) is 0 Å². The molecule has 0 heterocycles. The molecule has 0 aliphatic carbocycles. The van der Waals surface area contributed by atoms with E-state index in [1.54, 1.807) is 6.07 Å². The van der Waals surface area contributed by atoms with E-state index >= 15 is 0 Å². The van der Waals surface area contributed by atoms with Gasteiger partial charge in [0.05, 0.1) is 22.8 Å². The molecule has 0 aromatic heterocycles. The van der Waals surface area contributed by atoms with Gasteiger partial charge in [0.2, 0.25) is 0 Å². The number of ether oxygens (including phenoxy) is 1. The maximum absolute atomic E-state index is 13.3. The predicted octanol–water partition coefficient (Wildman–Crippen LogP) is 3.94. The molecule has 112 valence electrons. The van der Waals surface area contributed by atoms with Crippen molar-refractivity contribution < 1.29 is 17.5 Å². The van der Waals surface area contributed by atoms with Gasteiger partial charge >= 0.3 is 0 Å². The fourth-order valence-corrected chi connectivity index (χ4v) is 3.53. The Balaban J connectivity index is 2.51. The zero-order valence-electron chi connectivity index (χ0n) is 10.7. The molecule has 0 aliphatic heterocycles. The minimum absolute atomic E-state index is 0.00655. The van der Waals surface area contributed by atoms with E-state index in [1.165, 1.54) is 25.3 Å². The Morgan fingerprint density at radius 1 is 1.14 bits per heavy atom. The first-order valence-corrected chi connectivity index (χ1v) is 7.89. The first kappa shape index (κ1) is 15.9. The number of halogens is 3. The van der Waals surface area contributed by atoms with Crippen LogP contribution in [0, 0.1) is 5.82 Å². The minimum Gasteiger partial charge on any atom is -0.495 e. The highest BCUT2D eigenvalue weighted by Gasteiger charge is 2.22. The summed E-state index contributed by atoms with van der Waals surface area (Å²) in [4.78, 5) is -0.346. The van der Waals surface area contributed by atoms with Crippen molar-refractivity contribution in [1.82, 2.24) is 0 Å². The van der Waals surface area contributed by atoms with Crippen LogP contribution >= 0.6 is 23.2 Å². The number of benzene rings is 2. The summed E-state index contributed by atoms with van der Waals surface area (Å²) in [5.41, 5.74) is 0.0205. The van der Waals surface area contributed by atoms with Gasteiger partial charge < -0.3 is 4.74 Å². The van der Waals surface area contributed by atoms with Crippen molar-refractivity contribution in [3.63, 3.8) is 0 Å². The molecule has 0 bridgehead atoms. The van der Waals surface area contributed by atoms with E-state index in [0.717, 1.165) is 12.1 Å². The van der Waals surface area contributed by atoms with Gasteiger partial charge in [0, 0.05) is 0 Å². The Bertz CT molecular complexity index is 761. The van der Waals surface area contributed by atoms with Crippen molar-refractivity contribution >= 4 is 38.9 Å². The highest BCUT2D eigenvalue weighted by atomic mass is 35.5. The molecule has 0 aliphatic rings. The monoisotopic (exact) mass is 349 g/mol. The number of sulfonamides is 1. The van der Waals surface area contributed by atoms with Crippen LogP contribution in [0.5, 0.6) is 5.75 Å². The normalized spacial score (nSPS) is 11.2. The van der Waals surface area contributed by atoms with E-state index in [9.17, 15) is 12.8 Å². The Morgan fingerprint density at radius 2 is 1.76 bits per heavy atom. The van der Waals surface area contributed by atoms with Crippen molar-refractivity contribution in [2.45, 2.75) is 4.90 Å². The maximum Gasteiger partial charge on any atom is 0.265 e. The summed E-state index contributed by atoms with van der Waals surface area (Å²) in [5.74, 6) is -0.700. The Morgan fingerprint density at radius 3 is 2.33 bits per heavy atom. The summed E-state index contributed by atoms with van der Waals surface area (Å²) in [6.07, 6.45) is 0. The molecule has 0 unspecified atom stereocenters. The second-order valence-electron chi connectivity index (χ2n) is 4.00. The molecule has 0 saturated heterocycles. The maximum atomic E-state index is 13.3. The number of rotatable bonds is 4. The van der Waals surface area contributed by atoms with E-state index in [2.05, 4.69) is 4.72 Å². The molecule has 2 aromatic rings. The van der Waals surface area contributed by atoms with Crippen LogP contribution in [-0.4, -0.2) is 15.5 Å². The van der Waals surface area contributed by atoms with Gasteiger partial charge in [-0.1, -0.05) is 29.3 Å². The van der Waals surface area contributed by atoms with Crippen molar-refractivity contribution in [3.05, 3.63) is 52.3 Å². The number of para-hydroxylation sites is 1. The molecule has 0 spiro atoms. The second kappa shape index (κ2) is 6.09. The largest absolute Gasteiger partial charge is 0.495 e. The van der Waals surface area contributed by atoms with Gasteiger partial charge in [0.15, 0.2) is 0 Å². The second-order valence-corrected chi connectivity index (χ2v) is 6.46. The topological polar surface area (TPSA) is 55.4 Å². The van der Waals surface area contributed by atoms with Crippen LogP contribution in [0.1, 0.15) is 0 Å². The summed E-state index contributed by atoms with van der Waals surface area (Å²) in [6, 6.07) is 7.71. The van der Waals surface area contributed by atoms with Gasteiger partial charge in [-0.25, -0.2) is 12.8 Å². The van der Waals surface area contributed by atoms with Crippen LogP contribution in [0.15, 0.2) is 41.3 Å². The van der Waals surface area contributed by atoms with Crippen LogP contribution in [0.3, 0.4) is 0 Å². The molecule has 8 heteroatoms. The van der Waals surface area contributed by atoms with Gasteiger partial charge in [-0.05, 0) is 30.3 Å². The van der Waals surface area contributed by atoms with Gasteiger partial charge in [-0.2, -0.15) is 0 Å². The number of hydrogen-bond acceptors (Lipinski definition) is 3. The van der Waals surface area contributed by atoms with Crippen molar-refractivity contribution in [2.24, 2.45) is 0 Å². The average Bonchev–Trinajstić information content (AvgIpc) is 2.43. The first-order valence-electron chi connectivity index (χ1n) is 5.65. The summed E-state index contributed by atoms with van der Waals surface area (Å²) in [7, 11) is -2.82. The van der Waals surface area contributed by atoms with E-state index in [1.807, 2.05) is 0 Å². The molecule has 0 atom stereocenters. The van der Waals surface area contributed by atoms with E-state index in [-0.39, 0.29) is 26.4 Å². The number of anilines is 1. The SMILES string of the molecule is COc1ccc(F)cc1S(=O)(=O)Nc1c(Cl)cccc1Cl. The zero-order valence-corrected chi connectivity index (χ0v) is 13.1. The van der Waals surface area contributed by atoms with E-state index in [0.29, 0.717) is 0 Å². The highest BCUT2D eigenvalue weighted by molar-refractivity contribution is 7.92. The number of nitrogens with one attached hydrogen (secondary N) is 1. The van der Waals surface area contributed by atoms with Crippen LogP contribution in [0.25, 0.3) is 0 Å². The summed E-state index contributed by atoms with van der Waals surface area (Å²) in [6.45, 7) is 0. The fraction of sp³-hybridized carbons (Fsp3) is 0.0769. The quantitative estimate of drug-likeness (QED) is 0.909. The van der Waals surface area contributed by atoms with Gasteiger partial charge in [0.25, 0.3) is 10.0 Å². The average molecular weight is 350 g/mol. The molecule has 0 radical (unpaired) electrons. The third-order valence-electron chi connectivity index (χ3n) is 2.61. The molecular formula is C13H10Cl2FNO3S. The lowest BCUT2D eigenvalue weighted by molar-refractivity contribution is 0.401. The van der Waals surface area contributed by atoms with Crippen LogP contribution in [0.2, 0.25) is 10.0 Å². The summed E-state index contributed by atoms with van der Waals surface area (Å²) < 4.78 is 45.2. The summed E-state index contributed by atoms with van der Waals surface area (Å²) >= 11 is 11.8. The Kier molecular flexibility index (Phi) is 4.61. The van der Waals surface area contributed by atoms with Crippen LogP contribution < -0.4 is 9.46 Å². The van der Waals surface area contributed by atoms with Crippen LogP contribution in [0.4, 0.5) is 10.1 Å². The lowest BCUT2D eigenvalue weighted by Crippen LogP contribution is -2.15. The molecule has 2 aromatic carbocycles. The summed E-state index contributed by atoms with van der Waals surface area (Å²) in [5, 5.41) is 0.253. The molecule has 0 fully saturated rings. The predicted molar refractivity (Wildman–Crippen MR) is 80.2 cm³/mol. The van der Waals surface area contributed by atoms with Gasteiger partial charge in [-0.15, -0.1) is 0 Å². The third-order valence-corrected chi connectivity index (χ3v) is 4.62. The molecule has 21 heavy (non-hydrogen) atoms. The number of hydrogen-bond donors (Lipinski definition) is 1. The van der Waals surface area contributed by atoms with Gasteiger partial charge in [0.1, 0.15) is 16.5 Å². The standard InChI is InChI=1S/C13H10Cl2FNO3S/c1-20-11-6-5-8(16)7-12(11)21(18,19)17-13-9(14)3-2-4-10(13)15/h2-7,17H,1H3. The first-order chi connectivity index (χ1) is 9.85. The lowest BCUT2D eigenvalue weighted by Gasteiger charge is -2.13. The van der Waals surface area contributed by atoms with E-state index in [4.69, 9.17) is 27.9 Å². The minimum atomic E-state index is -4.11. The molecule has 2 rings (SSSR count). The Hall–Kier alpha value is -1.50. The Labute approximate surface area is 131 Å². The fourth-order valence-electron chi connectivity index (χ4n) is 1.65. The lowest BCUT2D eigenvalue weighted by atomic mass is 10.3. The molecule has 0 amide bonds.